The lowest BCUT2D eigenvalue weighted by atomic mass is 10.1. The van der Waals surface area contributed by atoms with Gasteiger partial charge in [-0.25, -0.2) is 0 Å². The standard InChI is InChI=1S/C9H16O/c1-3-4-5-6-7-8-9-10-2/h1H,4-9H2,2H3. The van der Waals surface area contributed by atoms with E-state index in [1.165, 1.54) is 25.7 Å². The second kappa shape index (κ2) is 8.52. The first-order valence-electron chi connectivity index (χ1n) is 3.84. The second-order valence-corrected chi connectivity index (χ2v) is 2.36. The molecule has 0 unspecified atom stereocenters. The SMILES string of the molecule is C#CCCCCCCOC. The molecule has 0 aromatic rings. The van der Waals surface area contributed by atoms with Gasteiger partial charge in [-0.1, -0.05) is 12.8 Å². The van der Waals surface area contributed by atoms with Gasteiger partial charge in [0.15, 0.2) is 0 Å². The quantitative estimate of drug-likeness (QED) is 0.406. The van der Waals surface area contributed by atoms with Crippen LogP contribution < -0.4 is 0 Å². The average molecular weight is 140 g/mol. The molecule has 0 radical (unpaired) electrons. The van der Waals surface area contributed by atoms with E-state index in [-0.39, 0.29) is 0 Å². The molecule has 0 fully saturated rings. The molecule has 1 heteroatoms. The van der Waals surface area contributed by atoms with Crippen molar-refractivity contribution in [1.29, 1.82) is 0 Å². The fourth-order valence-corrected chi connectivity index (χ4v) is 0.827. The fourth-order valence-electron chi connectivity index (χ4n) is 0.827. The Bertz CT molecular complexity index is 91.4. The van der Waals surface area contributed by atoms with Crippen LogP contribution in [0.25, 0.3) is 0 Å². The number of unbranched alkanes of at least 4 members (excludes halogenated alkanes) is 4. The van der Waals surface area contributed by atoms with E-state index < -0.39 is 0 Å². The molecule has 1 nitrogen and oxygen atoms in total. The van der Waals surface area contributed by atoms with Gasteiger partial charge in [0, 0.05) is 20.1 Å². The van der Waals surface area contributed by atoms with Crippen molar-refractivity contribution in [3.63, 3.8) is 0 Å². The molecular formula is C9H16O. The van der Waals surface area contributed by atoms with E-state index in [1.54, 1.807) is 7.11 Å². The predicted molar refractivity (Wildman–Crippen MR) is 43.8 cm³/mol. The van der Waals surface area contributed by atoms with Gasteiger partial charge in [-0.3, -0.25) is 0 Å². The summed E-state index contributed by atoms with van der Waals surface area (Å²) in [6, 6.07) is 0. The van der Waals surface area contributed by atoms with Crippen LogP contribution in [0.4, 0.5) is 0 Å². The van der Waals surface area contributed by atoms with Crippen LogP contribution in [0.2, 0.25) is 0 Å². The Morgan fingerprint density at radius 1 is 1.20 bits per heavy atom. The summed E-state index contributed by atoms with van der Waals surface area (Å²) < 4.78 is 4.91. The minimum absolute atomic E-state index is 0.885. The lowest BCUT2D eigenvalue weighted by molar-refractivity contribution is 0.192. The molecule has 0 saturated heterocycles. The first-order valence-corrected chi connectivity index (χ1v) is 3.84. The predicted octanol–water partition coefficient (Wildman–Crippen LogP) is 2.22. The number of hydrogen-bond donors (Lipinski definition) is 0. The van der Waals surface area contributed by atoms with E-state index in [2.05, 4.69) is 5.92 Å². The van der Waals surface area contributed by atoms with Crippen LogP contribution in [0.3, 0.4) is 0 Å². The third kappa shape index (κ3) is 7.52. The lowest BCUT2D eigenvalue weighted by Gasteiger charge is -1.96. The molecule has 0 N–H and O–H groups in total. The summed E-state index contributed by atoms with van der Waals surface area (Å²) in [5, 5.41) is 0. The Morgan fingerprint density at radius 3 is 2.50 bits per heavy atom. The highest BCUT2D eigenvalue weighted by Crippen LogP contribution is 2.01. The van der Waals surface area contributed by atoms with Crippen LogP contribution in [-0.2, 0) is 4.74 Å². The monoisotopic (exact) mass is 140 g/mol. The molecule has 0 atom stereocenters. The summed E-state index contributed by atoms with van der Waals surface area (Å²) in [7, 11) is 1.74. The van der Waals surface area contributed by atoms with E-state index >= 15 is 0 Å². The topological polar surface area (TPSA) is 9.23 Å². The van der Waals surface area contributed by atoms with Gasteiger partial charge in [0.2, 0.25) is 0 Å². The van der Waals surface area contributed by atoms with Gasteiger partial charge in [-0.05, 0) is 12.8 Å². The van der Waals surface area contributed by atoms with E-state index in [4.69, 9.17) is 11.2 Å². The maximum Gasteiger partial charge on any atom is 0.0462 e. The zero-order valence-electron chi connectivity index (χ0n) is 6.73. The van der Waals surface area contributed by atoms with Crippen LogP contribution in [0.5, 0.6) is 0 Å². The van der Waals surface area contributed by atoms with Crippen molar-refractivity contribution < 1.29 is 4.74 Å². The molecule has 0 amide bonds. The molecule has 0 heterocycles. The highest BCUT2D eigenvalue weighted by Gasteiger charge is 1.86. The maximum atomic E-state index is 5.09. The molecule has 0 aromatic carbocycles. The molecule has 0 rings (SSSR count). The molecule has 58 valence electrons. The van der Waals surface area contributed by atoms with Gasteiger partial charge in [-0.15, -0.1) is 12.3 Å². The smallest absolute Gasteiger partial charge is 0.0462 e. The van der Waals surface area contributed by atoms with Crippen LogP contribution >= 0.6 is 0 Å². The minimum atomic E-state index is 0.885. The largest absolute Gasteiger partial charge is 0.385 e. The Balaban J connectivity index is 2.72. The molecule has 10 heavy (non-hydrogen) atoms. The van der Waals surface area contributed by atoms with Crippen molar-refractivity contribution in [3.8, 4) is 12.3 Å². The molecule has 0 aromatic heterocycles. The summed E-state index contributed by atoms with van der Waals surface area (Å²) in [6.07, 6.45) is 10.8. The Kier molecular flexibility index (Phi) is 8.11. The molecule has 0 aliphatic rings. The first kappa shape index (κ1) is 9.52. The normalized spacial score (nSPS) is 9.20. The molecular weight excluding hydrogens is 124 g/mol. The van der Waals surface area contributed by atoms with Gasteiger partial charge >= 0.3 is 0 Å². The van der Waals surface area contributed by atoms with Gasteiger partial charge < -0.3 is 4.74 Å². The second-order valence-electron chi connectivity index (χ2n) is 2.36. The molecule has 0 aliphatic heterocycles. The van der Waals surface area contributed by atoms with Crippen molar-refractivity contribution in [2.45, 2.75) is 32.1 Å². The number of methoxy groups -OCH3 is 1. The number of ether oxygens (including phenoxy) is 1. The van der Waals surface area contributed by atoms with Crippen molar-refractivity contribution in [1.82, 2.24) is 0 Å². The van der Waals surface area contributed by atoms with Crippen LogP contribution in [0.1, 0.15) is 32.1 Å². The summed E-state index contributed by atoms with van der Waals surface area (Å²) >= 11 is 0. The summed E-state index contributed by atoms with van der Waals surface area (Å²) in [5.41, 5.74) is 0. The van der Waals surface area contributed by atoms with E-state index in [0.29, 0.717) is 0 Å². The molecule has 0 saturated carbocycles. The highest BCUT2D eigenvalue weighted by atomic mass is 16.5. The van der Waals surface area contributed by atoms with Crippen molar-refractivity contribution in [2.75, 3.05) is 13.7 Å². The minimum Gasteiger partial charge on any atom is -0.385 e. The number of rotatable bonds is 6. The fraction of sp³-hybridized carbons (Fsp3) is 0.778. The van der Waals surface area contributed by atoms with Gasteiger partial charge in [0.25, 0.3) is 0 Å². The van der Waals surface area contributed by atoms with Crippen LogP contribution in [0.15, 0.2) is 0 Å². The maximum absolute atomic E-state index is 5.09. The Labute approximate surface area is 63.8 Å². The molecule has 0 spiro atoms. The molecule has 0 bridgehead atoms. The van der Waals surface area contributed by atoms with Crippen molar-refractivity contribution in [3.05, 3.63) is 0 Å². The zero-order valence-corrected chi connectivity index (χ0v) is 6.73. The number of hydrogen-bond acceptors (Lipinski definition) is 1. The Hall–Kier alpha value is -0.480. The first-order chi connectivity index (χ1) is 4.91. The van der Waals surface area contributed by atoms with Crippen LogP contribution in [0, 0.1) is 12.3 Å². The van der Waals surface area contributed by atoms with E-state index in [9.17, 15) is 0 Å². The van der Waals surface area contributed by atoms with Crippen molar-refractivity contribution >= 4 is 0 Å². The van der Waals surface area contributed by atoms with Gasteiger partial charge in [-0.2, -0.15) is 0 Å². The Morgan fingerprint density at radius 2 is 1.90 bits per heavy atom. The number of terminal acetylenes is 1. The van der Waals surface area contributed by atoms with Gasteiger partial charge in [0.1, 0.15) is 0 Å². The summed E-state index contributed by atoms with van der Waals surface area (Å²) in [4.78, 5) is 0. The van der Waals surface area contributed by atoms with E-state index in [0.717, 1.165) is 13.0 Å². The van der Waals surface area contributed by atoms with E-state index in [1.807, 2.05) is 0 Å². The highest BCUT2D eigenvalue weighted by molar-refractivity contribution is 4.82. The summed E-state index contributed by atoms with van der Waals surface area (Å²) in [5.74, 6) is 2.63. The van der Waals surface area contributed by atoms with Crippen molar-refractivity contribution in [2.24, 2.45) is 0 Å². The van der Waals surface area contributed by atoms with Gasteiger partial charge in [0.05, 0.1) is 0 Å². The third-order valence-corrected chi connectivity index (χ3v) is 1.42. The lowest BCUT2D eigenvalue weighted by Crippen LogP contribution is -1.87. The van der Waals surface area contributed by atoms with Crippen LogP contribution in [-0.4, -0.2) is 13.7 Å². The molecule has 0 aliphatic carbocycles. The summed E-state index contributed by atoms with van der Waals surface area (Å²) in [6.45, 7) is 0.885. The third-order valence-electron chi connectivity index (χ3n) is 1.42. The zero-order chi connectivity index (χ0) is 7.66. The average Bonchev–Trinajstić information content (AvgIpc) is 1.97.